The fraction of sp³-hybridized carbons (Fsp3) is 0.933. The summed E-state index contributed by atoms with van der Waals surface area (Å²) in [6, 6.07) is 0. The van der Waals surface area contributed by atoms with E-state index in [1.54, 1.807) is 0 Å². The molecular formula is C15H29N3O2. The van der Waals surface area contributed by atoms with Gasteiger partial charge >= 0.3 is 0 Å². The molecule has 0 amide bonds. The summed E-state index contributed by atoms with van der Waals surface area (Å²) >= 11 is 0. The lowest BCUT2D eigenvalue weighted by molar-refractivity contribution is 0.0362. The molecule has 2 aliphatic rings. The molecule has 0 aromatic rings. The van der Waals surface area contributed by atoms with E-state index in [9.17, 15) is 5.11 Å². The summed E-state index contributed by atoms with van der Waals surface area (Å²) in [5.41, 5.74) is -0.298. The molecule has 5 heteroatoms. The Morgan fingerprint density at radius 3 is 2.70 bits per heavy atom. The largest absolute Gasteiger partial charge is 0.388 e. The number of hydrogen-bond acceptors (Lipinski definition) is 3. The normalized spacial score (nSPS) is 27.6. The Bertz CT molecular complexity index is 347. The first-order valence-corrected chi connectivity index (χ1v) is 7.82. The Kier molecular flexibility index (Phi) is 4.91. The highest BCUT2D eigenvalue weighted by molar-refractivity contribution is 5.80. The first-order valence-electron chi connectivity index (χ1n) is 7.82. The second-order valence-corrected chi connectivity index (χ2v) is 6.31. The third-order valence-electron chi connectivity index (χ3n) is 5.03. The van der Waals surface area contributed by atoms with E-state index >= 15 is 0 Å². The molecule has 2 saturated heterocycles. The average molecular weight is 283 g/mol. The summed E-state index contributed by atoms with van der Waals surface area (Å²) in [5, 5.41) is 13.7. The number of nitrogens with zero attached hydrogens (tertiary/aromatic N) is 2. The van der Waals surface area contributed by atoms with Gasteiger partial charge in [0.25, 0.3) is 0 Å². The molecule has 2 N–H and O–H groups in total. The predicted molar refractivity (Wildman–Crippen MR) is 81.0 cm³/mol. The standard InChI is InChI=1S/C15H29N3O2/c1-4-15(19,5-2)10-17-13(16-3)18-8-6-14(11-18)7-9-20-12-14/h19H,4-12H2,1-3H3,(H,16,17). The van der Waals surface area contributed by atoms with Crippen LogP contribution < -0.4 is 5.32 Å². The highest BCUT2D eigenvalue weighted by Crippen LogP contribution is 2.38. The van der Waals surface area contributed by atoms with Crippen molar-refractivity contribution in [2.75, 3.05) is 39.9 Å². The van der Waals surface area contributed by atoms with Crippen molar-refractivity contribution in [1.29, 1.82) is 0 Å². The van der Waals surface area contributed by atoms with Gasteiger partial charge in [-0.2, -0.15) is 0 Å². The van der Waals surface area contributed by atoms with Gasteiger partial charge in [0.1, 0.15) is 0 Å². The number of guanidine groups is 1. The molecule has 0 aliphatic carbocycles. The van der Waals surface area contributed by atoms with Crippen LogP contribution in [-0.2, 0) is 4.74 Å². The van der Waals surface area contributed by atoms with Crippen molar-refractivity contribution < 1.29 is 9.84 Å². The number of rotatable bonds is 4. The number of aliphatic imine (C=N–C) groups is 1. The van der Waals surface area contributed by atoms with E-state index < -0.39 is 5.60 Å². The second kappa shape index (κ2) is 6.31. The smallest absolute Gasteiger partial charge is 0.193 e. The molecule has 0 aromatic heterocycles. The SMILES string of the molecule is CCC(O)(CC)CNC(=NC)N1CCC2(CCOC2)C1. The second-order valence-electron chi connectivity index (χ2n) is 6.31. The van der Waals surface area contributed by atoms with E-state index in [0.29, 0.717) is 12.0 Å². The molecule has 1 unspecified atom stereocenters. The number of nitrogens with one attached hydrogen (secondary N) is 1. The predicted octanol–water partition coefficient (Wildman–Crippen LogP) is 1.23. The van der Waals surface area contributed by atoms with Crippen LogP contribution in [0.4, 0.5) is 0 Å². The third kappa shape index (κ3) is 3.26. The molecule has 2 rings (SSSR count). The topological polar surface area (TPSA) is 57.1 Å². The Labute approximate surface area is 122 Å². The van der Waals surface area contributed by atoms with E-state index in [1.807, 2.05) is 20.9 Å². The fourth-order valence-corrected chi connectivity index (χ4v) is 3.16. The molecule has 20 heavy (non-hydrogen) atoms. The molecule has 116 valence electrons. The van der Waals surface area contributed by atoms with Gasteiger partial charge in [-0.3, -0.25) is 4.99 Å². The van der Waals surface area contributed by atoms with Gasteiger partial charge in [0.2, 0.25) is 0 Å². The van der Waals surface area contributed by atoms with Gasteiger partial charge in [0.05, 0.1) is 12.2 Å². The lowest BCUT2D eigenvalue weighted by atomic mass is 9.87. The van der Waals surface area contributed by atoms with Crippen molar-refractivity contribution in [3.63, 3.8) is 0 Å². The van der Waals surface area contributed by atoms with Gasteiger partial charge in [-0.05, 0) is 25.7 Å². The van der Waals surface area contributed by atoms with Gasteiger partial charge in [0.15, 0.2) is 5.96 Å². The quantitative estimate of drug-likeness (QED) is 0.602. The summed E-state index contributed by atoms with van der Waals surface area (Å²) < 4.78 is 5.57. The zero-order valence-electron chi connectivity index (χ0n) is 13.1. The van der Waals surface area contributed by atoms with Crippen molar-refractivity contribution in [2.24, 2.45) is 10.4 Å². The molecule has 0 bridgehead atoms. The summed E-state index contributed by atoms with van der Waals surface area (Å²) in [5.74, 6) is 0.911. The Morgan fingerprint density at radius 2 is 2.15 bits per heavy atom. The van der Waals surface area contributed by atoms with Crippen LogP contribution >= 0.6 is 0 Å². The van der Waals surface area contributed by atoms with Crippen LogP contribution in [0.1, 0.15) is 39.5 Å². The van der Waals surface area contributed by atoms with Crippen LogP contribution in [0.5, 0.6) is 0 Å². The van der Waals surface area contributed by atoms with Crippen LogP contribution in [-0.4, -0.2) is 61.5 Å². The highest BCUT2D eigenvalue weighted by atomic mass is 16.5. The monoisotopic (exact) mass is 283 g/mol. The van der Waals surface area contributed by atoms with Crippen molar-refractivity contribution in [3.8, 4) is 0 Å². The zero-order chi connectivity index (χ0) is 14.6. The molecule has 0 aromatic carbocycles. The lowest BCUT2D eigenvalue weighted by Gasteiger charge is -2.29. The number of ether oxygens (including phenoxy) is 1. The maximum atomic E-state index is 10.4. The number of aliphatic hydroxyl groups is 1. The van der Waals surface area contributed by atoms with Crippen LogP contribution in [0.2, 0.25) is 0 Å². The molecule has 2 fully saturated rings. The van der Waals surface area contributed by atoms with Gasteiger partial charge < -0.3 is 20.1 Å². The molecule has 0 radical (unpaired) electrons. The van der Waals surface area contributed by atoms with Crippen molar-refractivity contribution in [1.82, 2.24) is 10.2 Å². The first kappa shape index (κ1) is 15.6. The van der Waals surface area contributed by atoms with Crippen LogP contribution in [0, 0.1) is 5.41 Å². The molecule has 1 atom stereocenters. The van der Waals surface area contributed by atoms with Crippen molar-refractivity contribution in [2.45, 2.75) is 45.1 Å². The van der Waals surface area contributed by atoms with E-state index in [-0.39, 0.29) is 0 Å². The van der Waals surface area contributed by atoms with Crippen LogP contribution in [0.25, 0.3) is 0 Å². The van der Waals surface area contributed by atoms with Crippen LogP contribution in [0.3, 0.4) is 0 Å². The molecule has 0 saturated carbocycles. The Hall–Kier alpha value is -0.810. The van der Waals surface area contributed by atoms with Gasteiger partial charge in [-0.15, -0.1) is 0 Å². The molecular weight excluding hydrogens is 254 g/mol. The van der Waals surface area contributed by atoms with Gasteiger partial charge in [-0.25, -0.2) is 0 Å². The Morgan fingerprint density at radius 1 is 1.40 bits per heavy atom. The number of hydrogen-bond donors (Lipinski definition) is 2. The summed E-state index contributed by atoms with van der Waals surface area (Å²) in [6.07, 6.45) is 3.85. The van der Waals surface area contributed by atoms with Crippen molar-refractivity contribution >= 4 is 5.96 Å². The first-order chi connectivity index (χ1) is 9.56. The molecule has 1 spiro atoms. The summed E-state index contributed by atoms with van der Waals surface area (Å²) in [4.78, 5) is 6.68. The summed E-state index contributed by atoms with van der Waals surface area (Å²) in [6.45, 7) is 8.43. The summed E-state index contributed by atoms with van der Waals surface area (Å²) in [7, 11) is 1.81. The molecule has 2 aliphatic heterocycles. The maximum Gasteiger partial charge on any atom is 0.193 e. The Balaban J connectivity index is 1.90. The zero-order valence-corrected chi connectivity index (χ0v) is 13.1. The number of likely N-dealkylation sites (tertiary alicyclic amines) is 1. The minimum atomic E-state index is -0.635. The van der Waals surface area contributed by atoms with E-state index in [2.05, 4.69) is 15.2 Å². The fourth-order valence-electron chi connectivity index (χ4n) is 3.16. The maximum absolute atomic E-state index is 10.4. The highest BCUT2D eigenvalue weighted by Gasteiger charge is 2.42. The molecule has 5 nitrogen and oxygen atoms in total. The van der Waals surface area contributed by atoms with Crippen LogP contribution in [0.15, 0.2) is 4.99 Å². The minimum Gasteiger partial charge on any atom is -0.388 e. The lowest BCUT2D eigenvalue weighted by Crippen LogP contribution is -2.48. The van der Waals surface area contributed by atoms with E-state index in [4.69, 9.17) is 4.74 Å². The van der Waals surface area contributed by atoms with E-state index in [0.717, 1.165) is 51.5 Å². The van der Waals surface area contributed by atoms with E-state index in [1.165, 1.54) is 6.42 Å². The van der Waals surface area contributed by atoms with Gasteiger partial charge in [-0.1, -0.05) is 13.8 Å². The van der Waals surface area contributed by atoms with Crippen molar-refractivity contribution in [3.05, 3.63) is 0 Å². The van der Waals surface area contributed by atoms with Gasteiger partial charge in [0, 0.05) is 38.7 Å². The minimum absolute atomic E-state index is 0.337. The third-order valence-corrected chi connectivity index (χ3v) is 5.03. The average Bonchev–Trinajstić information content (AvgIpc) is 3.10. The molecule has 2 heterocycles.